The highest BCUT2D eigenvalue weighted by Gasteiger charge is 2.26. The second-order valence-electron chi connectivity index (χ2n) is 7.63. The van der Waals surface area contributed by atoms with E-state index in [9.17, 15) is 14.7 Å². The van der Waals surface area contributed by atoms with E-state index >= 15 is 0 Å². The van der Waals surface area contributed by atoms with Crippen molar-refractivity contribution in [2.75, 3.05) is 20.3 Å². The van der Waals surface area contributed by atoms with Crippen LogP contribution in [0, 0.1) is 5.92 Å². The van der Waals surface area contributed by atoms with Gasteiger partial charge in [-0.3, -0.25) is 4.79 Å². The summed E-state index contributed by atoms with van der Waals surface area (Å²) in [5.74, 6) is -0.330. The number of ether oxygens (including phenoxy) is 2. The third kappa shape index (κ3) is 4.49. The minimum atomic E-state index is -1.21. The quantitative estimate of drug-likeness (QED) is 0.672. The molecule has 0 bridgehead atoms. The van der Waals surface area contributed by atoms with Crippen LogP contribution in [0.4, 0.5) is 0 Å². The van der Waals surface area contributed by atoms with Crippen LogP contribution in [0.5, 0.6) is 5.75 Å². The Labute approximate surface area is 175 Å². The second-order valence-corrected chi connectivity index (χ2v) is 8.04. The zero-order chi connectivity index (χ0) is 21.1. The molecular weight excluding hydrogens is 394 g/mol. The standard InChI is InChI=1S/C22H26ClNO5/c1-13(2)18-6-5-14-9-21(29-8-4-7-28-3)17(23)10-15(14)19-11-20(25)16(22(26)27)12-24(18)19/h9-13,18H,4-8H2,1-3H3,(H,26,27). The Morgan fingerprint density at radius 2 is 2.07 bits per heavy atom. The lowest BCUT2D eigenvalue weighted by atomic mass is 9.96. The highest BCUT2D eigenvalue weighted by Crippen LogP contribution is 2.40. The average molecular weight is 420 g/mol. The van der Waals surface area contributed by atoms with Gasteiger partial charge in [0.25, 0.3) is 0 Å². The van der Waals surface area contributed by atoms with E-state index < -0.39 is 11.4 Å². The van der Waals surface area contributed by atoms with Gasteiger partial charge >= 0.3 is 5.97 Å². The number of nitrogens with zero attached hydrogens (tertiary/aromatic N) is 1. The van der Waals surface area contributed by atoms with E-state index in [1.165, 1.54) is 12.3 Å². The molecule has 7 heteroatoms. The maximum Gasteiger partial charge on any atom is 0.341 e. The number of pyridine rings is 1. The first-order chi connectivity index (χ1) is 13.8. The van der Waals surface area contributed by atoms with Gasteiger partial charge in [-0.1, -0.05) is 25.4 Å². The zero-order valence-electron chi connectivity index (χ0n) is 16.9. The van der Waals surface area contributed by atoms with E-state index in [1.807, 2.05) is 16.7 Å². The van der Waals surface area contributed by atoms with E-state index in [4.69, 9.17) is 21.1 Å². The largest absolute Gasteiger partial charge is 0.492 e. The number of carboxylic acids is 1. The van der Waals surface area contributed by atoms with Crippen molar-refractivity contribution in [2.24, 2.45) is 5.92 Å². The minimum Gasteiger partial charge on any atom is -0.492 e. The normalized spacial score (nSPS) is 15.6. The SMILES string of the molecule is COCCCOc1cc2c(cc1Cl)-c1cc(=O)c(C(=O)O)cn1C(C(C)C)CC2. The molecule has 1 aromatic heterocycles. The number of methoxy groups -OCH3 is 1. The molecule has 1 N–H and O–H groups in total. The van der Waals surface area contributed by atoms with Gasteiger partial charge < -0.3 is 19.1 Å². The highest BCUT2D eigenvalue weighted by molar-refractivity contribution is 6.32. The number of fused-ring (bicyclic) bond motifs is 3. The maximum absolute atomic E-state index is 12.4. The molecule has 0 saturated heterocycles. The van der Waals surface area contributed by atoms with Crippen LogP contribution in [0.1, 0.15) is 48.7 Å². The lowest BCUT2D eigenvalue weighted by molar-refractivity contribution is 0.0694. The number of aryl methyl sites for hydroxylation is 1. The monoisotopic (exact) mass is 419 g/mol. The number of hydrogen-bond donors (Lipinski definition) is 1. The Bertz CT molecular complexity index is 966. The van der Waals surface area contributed by atoms with Gasteiger partial charge in [-0.05, 0) is 36.5 Å². The van der Waals surface area contributed by atoms with Crippen LogP contribution < -0.4 is 10.2 Å². The summed E-state index contributed by atoms with van der Waals surface area (Å²) in [5.41, 5.74) is 1.85. The van der Waals surface area contributed by atoms with Crippen molar-refractivity contribution in [1.82, 2.24) is 4.57 Å². The van der Waals surface area contributed by atoms with Crippen molar-refractivity contribution in [3.05, 3.63) is 50.8 Å². The molecule has 0 aliphatic carbocycles. The summed E-state index contributed by atoms with van der Waals surface area (Å²) in [6.45, 7) is 5.31. The topological polar surface area (TPSA) is 77.8 Å². The van der Waals surface area contributed by atoms with Crippen LogP contribution in [0.25, 0.3) is 11.3 Å². The van der Waals surface area contributed by atoms with Gasteiger partial charge in [-0.2, -0.15) is 0 Å². The first-order valence-electron chi connectivity index (χ1n) is 9.77. The number of carboxylic acid groups (broad SMARTS) is 1. The maximum atomic E-state index is 12.4. The van der Waals surface area contributed by atoms with E-state index in [1.54, 1.807) is 7.11 Å². The number of carbonyl (C=O) groups is 1. The lowest BCUT2D eigenvalue weighted by Crippen LogP contribution is -2.23. The molecule has 6 nitrogen and oxygen atoms in total. The summed E-state index contributed by atoms with van der Waals surface area (Å²) >= 11 is 6.48. The van der Waals surface area contributed by atoms with Crippen molar-refractivity contribution in [3.63, 3.8) is 0 Å². The van der Waals surface area contributed by atoms with Crippen LogP contribution in [0.15, 0.2) is 29.2 Å². The fraction of sp³-hybridized carbons (Fsp3) is 0.455. The molecule has 29 heavy (non-hydrogen) atoms. The Balaban J connectivity index is 2.09. The van der Waals surface area contributed by atoms with Gasteiger partial charge in [0.05, 0.1) is 17.3 Å². The summed E-state index contributed by atoms with van der Waals surface area (Å²) < 4.78 is 12.8. The molecule has 1 aliphatic rings. The predicted molar refractivity (Wildman–Crippen MR) is 112 cm³/mol. The number of halogens is 1. The number of benzene rings is 1. The smallest absolute Gasteiger partial charge is 0.341 e. The zero-order valence-corrected chi connectivity index (χ0v) is 17.7. The molecule has 1 atom stereocenters. The van der Waals surface area contributed by atoms with Gasteiger partial charge in [-0.25, -0.2) is 4.79 Å². The Morgan fingerprint density at radius 3 is 2.72 bits per heavy atom. The molecule has 2 heterocycles. The van der Waals surface area contributed by atoms with Gasteiger partial charge in [0.1, 0.15) is 11.3 Å². The van der Waals surface area contributed by atoms with E-state index in [-0.39, 0.29) is 17.5 Å². The highest BCUT2D eigenvalue weighted by atomic mass is 35.5. The lowest BCUT2D eigenvalue weighted by Gasteiger charge is -2.25. The molecule has 3 rings (SSSR count). The van der Waals surface area contributed by atoms with Crippen molar-refractivity contribution < 1.29 is 19.4 Å². The second kappa shape index (κ2) is 9.01. The fourth-order valence-corrected chi connectivity index (χ4v) is 4.05. The molecule has 156 valence electrons. The van der Waals surface area contributed by atoms with Gasteiger partial charge in [0.2, 0.25) is 0 Å². The summed E-state index contributed by atoms with van der Waals surface area (Å²) in [4.78, 5) is 23.9. The third-order valence-corrected chi connectivity index (χ3v) is 5.63. The molecule has 1 unspecified atom stereocenters. The summed E-state index contributed by atoms with van der Waals surface area (Å²) in [6.07, 6.45) is 3.84. The molecule has 0 spiro atoms. The first kappa shape index (κ1) is 21.4. The molecule has 0 radical (unpaired) electrons. The van der Waals surface area contributed by atoms with Crippen molar-refractivity contribution in [3.8, 4) is 17.0 Å². The predicted octanol–water partition coefficient (Wildman–Crippen LogP) is 4.43. The molecule has 1 aromatic carbocycles. The van der Waals surface area contributed by atoms with E-state index in [2.05, 4.69) is 13.8 Å². The molecule has 0 amide bonds. The number of hydrogen-bond acceptors (Lipinski definition) is 4. The van der Waals surface area contributed by atoms with E-state index in [0.29, 0.717) is 29.7 Å². The Hall–Kier alpha value is -2.31. The minimum absolute atomic E-state index is 0.0703. The summed E-state index contributed by atoms with van der Waals surface area (Å²) in [5, 5.41) is 9.86. The Morgan fingerprint density at radius 1 is 1.31 bits per heavy atom. The number of aromatic nitrogens is 1. The van der Waals surface area contributed by atoms with Crippen LogP contribution in [-0.4, -0.2) is 36.0 Å². The summed E-state index contributed by atoms with van der Waals surface area (Å²) in [6, 6.07) is 5.24. The average Bonchev–Trinajstić information content (AvgIpc) is 2.81. The number of rotatable bonds is 7. The number of aromatic carboxylic acids is 1. The molecule has 1 aliphatic heterocycles. The van der Waals surface area contributed by atoms with Crippen LogP contribution >= 0.6 is 11.6 Å². The first-order valence-corrected chi connectivity index (χ1v) is 10.1. The fourth-order valence-electron chi connectivity index (χ4n) is 3.83. The van der Waals surface area contributed by atoms with E-state index in [0.717, 1.165) is 30.4 Å². The van der Waals surface area contributed by atoms with Crippen LogP contribution in [0.2, 0.25) is 5.02 Å². The van der Waals surface area contributed by atoms with Crippen LogP contribution in [-0.2, 0) is 11.2 Å². The Kier molecular flexibility index (Phi) is 6.65. The molecule has 2 aromatic rings. The summed E-state index contributed by atoms with van der Waals surface area (Å²) in [7, 11) is 1.65. The molecular formula is C22H26ClNO5. The van der Waals surface area contributed by atoms with Crippen molar-refractivity contribution in [2.45, 2.75) is 39.2 Å². The molecule has 0 saturated carbocycles. The molecule has 0 fully saturated rings. The third-order valence-electron chi connectivity index (χ3n) is 5.33. The van der Waals surface area contributed by atoms with Crippen molar-refractivity contribution >= 4 is 17.6 Å². The van der Waals surface area contributed by atoms with Crippen LogP contribution in [0.3, 0.4) is 0 Å². The van der Waals surface area contributed by atoms with Crippen molar-refractivity contribution in [1.29, 1.82) is 0 Å². The van der Waals surface area contributed by atoms with Gasteiger partial charge in [0.15, 0.2) is 5.43 Å². The van der Waals surface area contributed by atoms with Gasteiger partial charge in [0, 0.05) is 44.0 Å². The van der Waals surface area contributed by atoms with Gasteiger partial charge in [-0.15, -0.1) is 0 Å².